The second-order valence-electron chi connectivity index (χ2n) is 6.36. The van der Waals surface area contributed by atoms with E-state index in [1.165, 1.54) is 16.4 Å². The van der Waals surface area contributed by atoms with Crippen LogP contribution < -0.4 is 11.2 Å². The fourth-order valence-electron chi connectivity index (χ4n) is 3.09. The number of benzene rings is 1. The number of rotatable bonds is 5. The second kappa shape index (κ2) is 7.35. The van der Waals surface area contributed by atoms with Crippen LogP contribution >= 0.6 is 27.7 Å². The van der Waals surface area contributed by atoms with E-state index in [4.69, 9.17) is 5.84 Å². The summed E-state index contributed by atoms with van der Waals surface area (Å²) in [6.45, 7) is 1.97. The Morgan fingerprint density at radius 1 is 1.41 bits per heavy atom. The summed E-state index contributed by atoms with van der Waals surface area (Å²) in [4.78, 5) is 12.2. The van der Waals surface area contributed by atoms with E-state index in [2.05, 4.69) is 41.6 Å². The summed E-state index contributed by atoms with van der Waals surface area (Å²) in [6, 6.07) is 5.67. The van der Waals surface area contributed by atoms with Crippen molar-refractivity contribution >= 4 is 39.3 Å². The third-order valence-corrected chi connectivity index (χ3v) is 6.29. The van der Waals surface area contributed by atoms with Crippen LogP contribution in [0.2, 0.25) is 0 Å². The van der Waals surface area contributed by atoms with Crippen LogP contribution in [-0.4, -0.2) is 36.7 Å². The fourth-order valence-corrected chi connectivity index (χ4v) is 3.99. The molecule has 8 nitrogen and oxygen atoms in total. The van der Waals surface area contributed by atoms with Crippen molar-refractivity contribution in [2.75, 3.05) is 16.9 Å². The minimum absolute atomic E-state index is 0.132. The Labute approximate surface area is 168 Å². The van der Waals surface area contributed by atoms with Crippen molar-refractivity contribution < 1.29 is 4.79 Å². The lowest BCUT2D eigenvalue weighted by Gasteiger charge is -2.07. The largest absolute Gasteiger partial charge is 0.335 e. The maximum atomic E-state index is 12.2. The lowest BCUT2D eigenvalue weighted by Crippen LogP contribution is -2.16. The number of H-pyrrole nitrogens is 1. The molecule has 1 aliphatic carbocycles. The van der Waals surface area contributed by atoms with Crippen molar-refractivity contribution in [2.45, 2.75) is 31.3 Å². The summed E-state index contributed by atoms with van der Waals surface area (Å²) in [5.74, 6) is 6.71. The third-order valence-electron chi connectivity index (χ3n) is 4.46. The zero-order chi connectivity index (χ0) is 19.0. The topological polar surface area (TPSA) is 115 Å². The summed E-state index contributed by atoms with van der Waals surface area (Å²) in [7, 11) is 0. The van der Waals surface area contributed by atoms with Crippen LogP contribution in [0.1, 0.15) is 23.2 Å². The lowest BCUT2D eigenvalue weighted by molar-refractivity contribution is -0.113. The molecule has 0 saturated carbocycles. The molecule has 0 unspecified atom stereocenters. The smallest absolute Gasteiger partial charge is 0.234 e. The van der Waals surface area contributed by atoms with Crippen LogP contribution in [-0.2, 0) is 17.6 Å². The first-order valence-corrected chi connectivity index (χ1v) is 10.3. The Morgan fingerprint density at radius 3 is 3.07 bits per heavy atom. The summed E-state index contributed by atoms with van der Waals surface area (Å²) in [5.41, 5.74) is 4.86. The monoisotopic (exact) mass is 447 g/mol. The molecule has 0 fully saturated rings. The summed E-state index contributed by atoms with van der Waals surface area (Å²) in [5, 5.41) is 19.0. The molecule has 4 rings (SSSR count). The van der Waals surface area contributed by atoms with E-state index in [-0.39, 0.29) is 11.7 Å². The molecule has 27 heavy (non-hydrogen) atoms. The van der Waals surface area contributed by atoms with Gasteiger partial charge in [-0.1, -0.05) is 27.7 Å². The Balaban J connectivity index is 1.42. The van der Waals surface area contributed by atoms with Crippen molar-refractivity contribution in [2.24, 2.45) is 0 Å². The molecule has 4 N–H and O–H groups in total. The van der Waals surface area contributed by atoms with Gasteiger partial charge in [0.05, 0.1) is 5.75 Å². The first kappa shape index (κ1) is 18.1. The van der Waals surface area contributed by atoms with E-state index in [0.717, 1.165) is 51.9 Å². The maximum absolute atomic E-state index is 12.2. The summed E-state index contributed by atoms with van der Waals surface area (Å²) < 4.78 is 2.40. The molecule has 1 amide bonds. The number of hydrogen-bond donors (Lipinski definition) is 3. The molecule has 0 radical (unpaired) electrons. The van der Waals surface area contributed by atoms with Gasteiger partial charge in [0.2, 0.25) is 16.9 Å². The first-order chi connectivity index (χ1) is 13.0. The van der Waals surface area contributed by atoms with Crippen LogP contribution in [0, 0.1) is 6.92 Å². The third kappa shape index (κ3) is 3.59. The van der Waals surface area contributed by atoms with Crippen molar-refractivity contribution in [3.8, 4) is 11.5 Å². The molecule has 2 aromatic heterocycles. The Bertz CT molecular complexity index is 1010. The van der Waals surface area contributed by atoms with Gasteiger partial charge in [0.25, 0.3) is 0 Å². The minimum Gasteiger partial charge on any atom is -0.335 e. The molecule has 0 bridgehead atoms. The highest BCUT2D eigenvalue weighted by Gasteiger charge is 2.24. The quantitative estimate of drug-likeness (QED) is 0.409. The molecule has 140 valence electrons. The minimum atomic E-state index is -0.132. The van der Waals surface area contributed by atoms with Crippen LogP contribution in [0.25, 0.3) is 11.5 Å². The Kier molecular flexibility index (Phi) is 4.92. The normalized spacial score (nSPS) is 13.0. The van der Waals surface area contributed by atoms with Crippen molar-refractivity contribution in [1.29, 1.82) is 0 Å². The molecule has 0 aliphatic heterocycles. The van der Waals surface area contributed by atoms with E-state index in [1.54, 1.807) is 0 Å². The number of aromatic amines is 1. The average molecular weight is 448 g/mol. The van der Waals surface area contributed by atoms with Gasteiger partial charge in [-0.15, -0.1) is 10.2 Å². The fraction of sp³-hybridized carbons (Fsp3) is 0.294. The SMILES string of the molecule is Cc1cc(NC(=O)CSc2nnc(-c3n[nH]c4c3CCC4)n2N)ccc1Br. The number of carbonyl (C=O) groups is 1. The summed E-state index contributed by atoms with van der Waals surface area (Å²) in [6.07, 6.45) is 3.07. The van der Waals surface area contributed by atoms with E-state index >= 15 is 0 Å². The predicted molar refractivity (Wildman–Crippen MR) is 108 cm³/mol. The van der Waals surface area contributed by atoms with Crippen LogP contribution in [0.5, 0.6) is 0 Å². The second-order valence-corrected chi connectivity index (χ2v) is 8.16. The van der Waals surface area contributed by atoms with E-state index in [1.807, 2.05) is 25.1 Å². The Morgan fingerprint density at radius 2 is 2.26 bits per heavy atom. The van der Waals surface area contributed by atoms with Gasteiger partial charge in [0.1, 0.15) is 5.69 Å². The highest BCUT2D eigenvalue weighted by molar-refractivity contribution is 9.10. The van der Waals surface area contributed by atoms with E-state index < -0.39 is 0 Å². The van der Waals surface area contributed by atoms with E-state index in [0.29, 0.717) is 11.0 Å². The lowest BCUT2D eigenvalue weighted by atomic mass is 10.2. The van der Waals surface area contributed by atoms with Gasteiger partial charge in [0, 0.05) is 21.4 Å². The molecule has 1 aliphatic rings. The molecule has 3 aromatic rings. The van der Waals surface area contributed by atoms with Gasteiger partial charge in [-0.3, -0.25) is 9.89 Å². The van der Waals surface area contributed by atoms with Crippen LogP contribution in [0.3, 0.4) is 0 Å². The maximum Gasteiger partial charge on any atom is 0.234 e. The number of halogens is 1. The molecule has 0 atom stereocenters. The number of aryl methyl sites for hydroxylation is 2. The number of carbonyl (C=O) groups excluding carboxylic acids is 1. The number of nitrogens with two attached hydrogens (primary N) is 1. The zero-order valence-corrected chi connectivity index (χ0v) is 17.0. The number of aromatic nitrogens is 5. The van der Waals surface area contributed by atoms with Gasteiger partial charge in [-0.2, -0.15) is 5.10 Å². The molecule has 10 heteroatoms. The van der Waals surface area contributed by atoms with Crippen LogP contribution in [0.15, 0.2) is 27.8 Å². The highest BCUT2D eigenvalue weighted by Crippen LogP contribution is 2.30. The number of nitrogen functional groups attached to an aromatic ring is 1. The molecule has 0 saturated heterocycles. The van der Waals surface area contributed by atoms with Gasteiger partial charge in [-0.05, 0) is 49.9 Å². The zero-order valence-electron chi connectivity index (χ0n) is 14.6. The summed E-state index contributed by atoms with van der Waals surface area (Å²) >= 11 is 4.68. The first-order valence-electron chi connectivity index (χ1n) is 8.48. The predicted octanol–water partition coefficient (Wildman–Crippen LogP) is 2.67. The number of hydrogen-bond acceptors (Lipinski definition) is 6. The highest BCUT2D eigenvalue weighted by atomic mass is 79.9. The van der Waals surface area contributed by atoms with Crippen LogP contribution in [0.4, 0.5) is 5.69 Å². The van der Waals surface area contributed by atoms with Crippen molar-refractivity contribution in [3.63, 3.8) is 0 Å². The van der Waals surface area contributed by atoms with Crippen molar-refractivity contribution in [3.05, 3.63) is 39.5 Å². The molecular weight excluding hydrogens is 430 g/mol. The van der Waals surface area contributed by atoms with Gasteiger partial charge < -0.3 is 11.2 Å². The number of anilines is 1. The molecule has 2 heterocycles. The number of amides is 1. The van der Waals surface area contributed by atoms with Gasteiger partial charge in [-0.25, -0.2) is 4.68 Å². The Hall–Kier alpha value is -2.33. The number of thioether (sulfide) groups is 1. The van der Waals surface area contributed by atoms with Crippen molar-refractivity contribution in [1.82, 2.24) is 25.1 Å². The standard InChI is InChI=1S/C17H18BrN7OS/c1-9-7-10(5-6-12(9)18)20-14(26)8-27-17-24-23-16(25(17)19)15-11-3-2-4-13(11)21-22-15/h5-7H,2-4,8,19H2,1H3,(H,20,26)(H,21,22). The molecule has 0 spiro atoms. The number of fused-ring (bicyclic) bond motifs is 1. The van der Waals surface area contributed by atoms with Gasteiger partial charge >= 0.3 is 0 Å². The van der Waals surface area contributed by atoms with E-state index in [9.17, 15) is 4.79 Å². The number of nitrogens with one attached hydrogen (secondary N) is 2. The molecular formula is C17H18BrN7OS. The molecule has 1 aromatic carbocycles. The number of nitrogens with zero attached hydrogens (tertiary/aromatic N) is 4. The average Bonchev–Trinajstić information content (AvgIpc) is 3.33. The van der Waals surface area contributed by atoms with Gasteiger partial charge in [0.15, 0.2) is 0 Å².